The van der Waals surface area contributed by atoms with Crippen LogP contribution >= 0.6 is 0 Å². The van der Waals surface area contributed by atoms with E-state index in [9.17, 15) is 9.59 Å². The van der Waals surface area contributed by atoms with E-state index in [0.29, 0.717) is 29.7 Å². The number of rotatable bonds is 1. The first-order valence-electron chi connectivity index (χ1n) is 6.20. The van der Waals surface area contributed by atoms with Crippen molar-refractivity contribution >= 4 is 11.9 Å². The molecule has 86 valence electrons. The van der Waals surface area contributed by atoms with Crippen LogP contribution in [0.5, 0.6) is 0 Å². The van der Waals surface area contributed by atoms with Crippen molar-refractivity contribution in [2.75, 3.05) is 6.54 Å². The van der Waals surface area contributed by atoms with Gasteiger partial charge in [-0.1, -0.05) is 6.92 Å². The maximum atomic E-state index is 12.4. The molecule has 1 heterocycles. The molecule has 5 unspecified atom stereocenters. The summed E-state index contributed by atoms with van der Waals surface area (Å²) in [4.78, 5) is 25.6. The van der Waals surface area contributed by atoms with E-state index in [0.717, 1.165) is 12.8 Å². The number of imide groups is 1. The molecule has 4 nitrogen and oxygen atoms in total. The molecule has 0 aromatic carbocycles. The molecule has 0 aromatic heterocycles. The molecule has 1 aliphatic heterocycles. The summed E-state index contributed by atoms with van der Waals surface area (Å²) in [5, 5.41) is 3.03. The third-order valence-corrected chi connectivity index (χ3v) is 5.68. The summed E-state index contributed by atoms with van der Waals surface area (Å²) in [5.41, 5.74) is -0.135. The van der Waals surface area contributed by atoms with Gasteiger partial charge in [-0.25, -0.2) is 4.79 Å². The number of carbonyl (C=O) groups is 2. The SMILES string of the molecule is CCN1C(=O)NC2(C1=O)C1CC3C2C3(C)C1. The van der Waals surface area contributed by atoms with Gasteiger partial charge in [0.05, 0.1) is 0 Å². The molecule has 5 atom stereocenters. The minimum absolute atomic E-state index is 0.0544. The quantitative estimate of drug-likeness (QED) is 0.669. The van der Waals surface area contributed by atoms with Crippen LogP contribution < -0.4 is 5.32 Å². The van der Waals surface area contributed by atoms with Gasteiger partial charge in [0.1, 0.15) is 5.54 Å². The third-order valence-electron chi connectivity index (χ3n) is 5.68. The normalized spacial score (nSPS) is 56.4. The number of carbonyl (C=O) groups excluding carboxylic acids is 2. The van der Waals surface area contributed by atoms with Crippen LogP contribution in [-0.2, 0) is 4.79 Å². The van der Waals surface area contributed by atoms with Crippen LogP contribution in [0, 0.1) is 23.2 Å². The van der Waals surface area contributed by atoms with Crippen molar-refractivity contribution in [2.45, 2.75) is 32.2 Å². The molecule has 0 radical (unpaired) electrons. The lowest BCUT2D eigenvalue weighted by Gasteiger charge is -2.25. The first-order chi connectivity index (χ1) is 7.55. The first-order valence-corrected chi connectivity index (χ1v) is 6.20. The molecule has 5 fully saturated rings. The predicted octanol–water partition coefficient (Wildman–Crippen LogP) is 0.973. The van der Waals surface area contributed by atoms with E-state index in [1.807, 2.05) is 6.92 Å². The Bertz CT molecular complexity index is 435. The Labute approximate surface area is 94.4 Å². The summed E-state index contributed by atoms with van der Waals surface area (Å²) < 4.78 is 0. The number of hydrogen-bond acceptors (Lipinski definition) is 2. The van der Waals surface area contributed by atoms with E-state index >= 15 is 0 Å². The maximum Gasteiger partial charge on any atom is 0.325 e. The second-order valence-electron chi connectivity index (χ2n) is 6.08. The largest absolute Gasteiger partial charge is 0.325 e. The molecule has 4 bridgehead atoms. The van der Waals surface area contributed by atoms with Crippen molar-refractivity contribution in [3.05, 3.63) is 0 Å². The molecular formula is C12H16N2O2. The third kappa shape index (κ3) is 0.611. The highest BCUT2D eigenvalue weighted by Crippen LogP contribution is 2.82. The summed E-state index contributed by atoms with van der Waals surface area (Å²) in [6, 6.07) is -0.172. The monoisotopic (exact) mass is 220 g/mol. The Morgan fingerprint density at radius 2 is 2.25 bits per heavy atom. The molecule has 1 spiro atoms. The molecule has 3 amide bonds. The second kappa shape index (κ2) is 2.15. The Hall–Kier alpha value is -1.06. The van der Waals surface area contributed by atoms with Crippen molar-refractivity contribution in [2.24, 2.45) is 23.2 Å². The highest BCUT2D eigenvalue weighted by atomic mass is 16.2. The summed E-state index contributed by atoms with van der Waals surface area (Å²) in [5.74, 6) is 1.58. The molecule has 0 aromatic rings. The Kier molecular flexibility index (Phi) is 1.21. The van der Waals surface area contributed by atoms with Crippen LogP contribution in [-0.4, -0.2) is 28.9 Å². The zero-order chi connectivity index (χ0) is 11.3. The van der Waals surface area contributed by atoms with Gasteiger partial charge in [0.2, 0.25) is 0 Å². The zero-order valence-electron chi connectivity index (χ0n) is 9.62. The Morgan fingerprint density at radius 3 is 2.62 bits per heavy atom. The molecule has 1 N–H and O–H groups in total. The van der Waals surface area contributed by atoms with Crippen LogP contribution in [0.4, 0.5) is 4.79 Å². The van der Waals surface area contributed by atoms with Gasteiger partial charge in [-0.2, -0.15) is 0 Å². The minimum Gasteiger partial charge on any atom is -0.322 e. The molecule has 1 saturated heterocycles. The Balaban J connectivity index is 1.81. The van der Waals surface area contributed by atoms with E-state index in [2.05, 4.69) is 12.2 Å². The first kappa shape index (κ1) is 9.02. The highest BCUT2D eigenvalue weighted by Gasteiger charge is 2.86. The maximum absolute atomic E-state index is 12.4. The fourth-order valence-electron chi connectivity index (χ4n) is 5.09. The lowest BCUT2D eigenvalue weighted by atomic mass is 9.88. The summed E-state index contributed by atoms with van der Waals surface area (Å²) in [6.07, 6.45) is 2.27. The van der Waals surface area contributed by atoms with Gasteiger partial charge in [0, 0.05) is 12.5 Å². The molecule has 16 heavy (non-hydrogen) atoms. The summed E-state index contributed by atoms with van der Waals surface area (Å²) in [6.45, 7) is 4.64. The van der Waals surface area contributed by atoms with Gasteiger partial charge in [-0.3, -0.25) is 9.69 Å². The van der Waals surface area contributed by atoms with Gasteiger partial charge < -0.3 is 5.32 Å². The van der Waals surface area contributed by atoms with Crippen LogP contribution in [0.25, 0.3) is 0 Å². The number of urea groups is 1. The highest BCUT2D eigenvalue weighted by molar-refractivity contribution is 6.08. The molecule has 4 aliphatic carbocycles. The lowest BCUT2D eigenvalue weighted by molar-refractivity contribution is -0.132. The molecule has 4 heteroatoms. The van der Waals surface area contributed by atoms with Crippen LogP contribution in [0.2, 0.25) is 0 Å². The van der Waals surface area contributed by atoms with Crippen LogP contribution in [0.3, 0.4) is 0 Å². The standard InChI is InChI=1S/C12H16N2O2/c1-3-14-9(15)12(13-10(14)16)6-4-7-8(12)11(7,2)5-6/h6-8H,3-5H2,1-2H3,(H,13,16). The summed E-state index contributed by atoms with van der Waals surface area (Å²) >= 11 is 0. The molecule has 5 rings (SSSR count). The fourth-order valence-corrected chi connectivity index (χ4v) is 5.09. The van der Waals surface area contributed by atoms with E-state index in [1.165, 1.54) is 4.90 Å². The number of hydrogen-bond donors (Lipinski definition) is 1. The van der Waals surface area contributed by atoms with E-state index in [1.54, 1.807) is 0 Å². The molecule has 5 aliphatic rings. The zero-order valence-corrected chi connectivity index (χ0v) is 9.62. The van der Waals surface area contributed by atoms with Gasteiger partial charge in [0.15, 0.2) is 0 Å². The number of nitrogens with zero attached hydrogens (tertiary/aromatic N) is 1. The van der Waals surface area contributed by atoms with Crippen LogP contribution in [0.15, 0.2) is 0 Å². The average Bonchev–Trinajstić information content (AvgIpc) is 2.62. The van der Waals surface area contributed by atoms with Crippen molar-refractivity contribution in [3.8, 4) is 0 Å². The Morgan fingerprint density at radius 1 is 1.50 bits per heavy atom. The molecule has 4 saturated carbocycles. The van der Waals surface area contributed by atoms with Gasteiger partial charge in [-0.05, 0) is 37.0 Å². The number of nitrogens with one attached hydrogen (secondary N) is 1. The number of likely N-dealkylation sites (N-methyl/N-ethyl adjacent to an activating group) is 1. The minimum atomic E-state index is -0.494. The fraction of sp³-hybridized carbons (Fsp3) is 0.833. The average molecular weight is 220 g/mol. The number of amides is 3. The van der Waals surface area contributed by atoms with Gasteiger partial charge in [0.25, 0.3) is 5.91 Å². The predicted molar refractivity (Wildman–Crippen MR) is 56.5 cm³/mol. The molecular weight excluding hydrogens is 204 g/mol. The van der Waals surface area contributed by atoms with Gasteiger partial charge in [-0.15, -0.1) is 0 Å². The van der Waals surface area contributed by atoms with Crippen molar-refractivity contribution < 1.29 is 9.59 Å². The lowest BCUT2D eigenvalue weighted by Crippen LogP contribution is -2.50. The van der Waals surface area contributed by atoms with E-state index < -0.39 is 5.54 Å². The van der Waals surface area contributed by atoms with E-state index in [-0.39, 0.29) is 11.9 Å². The van der Waals surface area contributed by atoms with Crippen molar-refractivity contribution in [1.29, 1.82) is 0 Å². The van der Waals surface area contributed by atoms with Crippen molar-refractivity contribution in [1.82, 2.24) is 10.2 Å². The van der Waals surface area contributed by atoms with Crippen molar-refractivity contribution in [3.63, 3.8) is 0 Å². The van der Waals surface area contributed by atoms with E-state index in [4.69, 9.17) is 0 Å². The second-order valence-corrected chi connectivity index (χ2v) is 6.08. The summed E-state index contributed by atoms with van der Waals surface area (Å²) in [7, 11) is 0. The topological polar surface area (TPSA) is 49.4 Å². The van der Waals surface area contributed by atoms with Crippen LogP contribution in [0.1, 0.15) is 26.7 Å². The smallest absolute Gasteiger partial charge is 0.322 e. The van der Waals surface area contributed by atoms with Gasteiger partial charge >= 0.3 is 6.03 Å².